The molecule has 10 rings (SSSR count). The summed E-state index contributed by atoms with van der Waals surface area (Å²) in [4.78, 5) is 3.81. The molecule has 8 aromatic carbocycles. The molecule has 5 heteroatoms. The molecular weight excluding hydrogens is 695 g/mol. The lowest BCUT2D eigenvalue weighted by atomic mass is 9.96. The fourth-order valence-corrected chi connectivity index (χ4v) is 8.58. The van der Waals surface area contributed by atoms with E-state index in [9.17, 15) is 10.5 Å². The van der Waals surface area contributed by atoms with Crippen LogP contribution in [0.3, 0.4) is 0 Å². The van der Waals surface area contributed by atoms with Gasteiger partial charge in [-0.3, -0.25) is 0 Å². The average molecular weight is 726 g/mol. The lowest BCUT2D eigenvalue weighted by Gasteiger charge is -2.20. The van der Waals surface area contributed by atoms with Crippen LogP contribution in [0.4, 0.5) is 5.69 Å². The van der Waals surface area contributed by atoms with E-state index in [1.807, 2.05) is 72.8 Å². The number of nitriles is 2. The van der Waals surface area contributed by atoms with E-state index in [1.165, 1.54) is 0 Å². The first kappa shape index (κ1) is 33.4. The van der Waals surface area contributed by atoms with E-state index in [0.717, 1.165) is 93.9 Å². The number of rotatable bonds is 5. The highest BCUT2D eigenvalue weighted by molar-refractivity contribution is 6.13. The topological polar surface area (TPSA) is 61.8 Å². The molecule has 0 aliphatic carbocycles. The molecule has 57 heavy (non-hydrogen) atoms. The van der Waals surface area contributed by atoms with Crippen LogP contribution < -0.4 is 0 Å². The summed E-state index contributed by atoms with van der Waals surface area (Å²) in [5.74, 6) is 0. The monoisotopic (exact) mass is 725 g/mol. The van der Waals surface area contributed by atoms with E-state index in [-0.39, 0.29) is 0 Å². The number of benzene rings is 8. The van der Waals surface area contributed by atoms with Crippen LogP contribution in [-0.2, 0) is 0 Å². The average Bonchev–Trinajstić information content (AvgIpc) is 3.78. The maximum absolute atomic E-state index is 10.8. The summed E-state index contributed by atoms with van der Waals surface area (Å²) < 4.78 is 4.56. The number of para-hydroxylation sites is 4. The summed E-state index contributed by atoms with van der Waals surface area (Å²) in [6, 6.07) is 62.5. The SMILES string of the molecule is [C-]#[N+]c1ccccc1-c1ccc2c(c1)c1ccccc1n2-c1ccc(C)cc1-c1cccc(C#N)c1-n1c2ccccc2c2cc(-c3ccccc3C#N)ccc21. The summed E-state index contributed by atoms with van der Waals surface area (Å²) in [7, 11) is 0. The number of aryl methyl sites for hydroxylation is 1. The van der Waals surface area contributed by atoms with Crippen LogP contribution in [0.25, 0.3) is 93.2 Å². The maximum Gasteiger partial charge on any atom is 0.194 e. The highest BCUT2D eigenvalue weighted by Crippen LogP contribution is 2.44. The lowest BCUT2D eigenvalue weighted by Crippen LogP contribution is -2.04. The van der Waals surface area contributed by atoms with Crippen LogP contribution in [0.1, 0.15) is 16.7 Å². The molecule has 0 atom stereocenters. The molecule has 2 heterocycles. The van der Waals surface area contributed by atoms with Gasteiger partial charge in [0.15, 0.2) is 5.69 Å². The van der Waals surface area contributed by atoms with Crippen molar-refractivity contribution in [3.8, 4) is 56.9 Å². The van der Waals surface area contributed by atoms with Gasteiger partial charge in [0.2, 0.25) is 0 Å². The molecular formula is C52H31N5. The minimum absolute atomic E-state index is 0.562. The Labute approximate surface area is 329 Å². The highest BCUT2D eigenvalue weighted by Gasteiger charge is 2.23. The predicted octanol–water partition coefficient (Wildman–Crippen LogP) is 13.5. The Hall–Kier alpha value is -8.17. The molecule has 0 aliphatic heterocycles. The van der Waals surface area contributed by atoms with Gasteiger partial charge in [0.1, 0.15) is 6.07 Å². The zero-order valence-corrected chi connectivity index (χ0v) is 30.9. The number of hydrogen-bond acceptors (Lipinski definition) is 2. The number of hydrogen-bond donors (Lipinski definition) is 0. The van der Waals surface area contributed by atoms with Gasteiger partial charge in [-0.2, -0.15) is 10.5 Å². The second-order valence-electron chi connectivity index (χ2n) is 14.3. The first-order valence-corrected chi connectivity index (χ1v) is 18.8. The third-order valence-corrected chi connectivity index (χ3v) is 11.1. The summed E-state index contributed by atoms with van der Waals surface area (Å²) in [6.45, 7) is 9.91. The Morgan fingerprint density at radius 2 is 1.00 bits per heavy atom. The van der Waals surface area contributed by atoms with Crippen molar-refractivity contribution in [2.45, 2.75) is 6.92 Å². The number of nitrogens with zero attached hydrogens (tertiary/aromatic N) is 5. The zero-order chi connectivity index (χ0) is 38.6. The quantitative estimate of drug-likeness (QED) is 0.166. The van der Waals surface area contributed by atoms with Crippen LogP contribution in [0.15, 0.2) is 170 Å². The van der Waals surface area contributed by atoms with Crippen molar-refractivity contribution >= 4 is 49.3 Å². The van der Waals surface area contributed by atoms with E-state index in [4.69, 9.17) is 6.57 Å². The Kier molecular flexibility index (Phi) is 7.79. The van der Waals surface area contributed by atoms with Crippen LogP contribution in [-0.4, -0.2) is 9.13 Å². The number of fused-ring (bicyclic) bond motifs is 6. The molecule has 0 saturated carbocycles. The van der Waals surface area contributed by atoms with Gasteiger partial charge < -0.3 is 9.13 Å². The molecule has 0 radical (unpaired) electrons. The van der Waals surface area contributed by atoms with Gasteiger partial charge in [0.25, 0.3) is 0 Å². The van der Waals surface area contributed by atoms with Crippen molar-refractivity contribution in [3.05, 3.63) is 198 Å². The van der Waals surface area contributed by atoms with E-state index < -0.39 is 0 Å². The molecule has 10 aromatic rings. The molecule has 264 valence electrons. The van der Waals surface area contributed by atoms with Crippen molar-refractivity contribution in [2.24, 2.45) is 0 Å². The molecule has 0 saturated heterocycles. The minimum atomic E-state index is 0.562. The largest absolute Gasteiger partial charge is 0.309 e. The van der Waals surface area contributed by atoms with Crippen molar-refractivity contribution in [3.63, 3.8) is 0 Å². The van der Waals surface area contributed by atoms with Gasteiger partial charge >= 0.3 is 0 Å². The predicted molar refractivity (Wildman–Crippen MR) is 232 cm³/mol. The zero-order valence-electron chi connectivity index (χ0n) is 30.9. The molecule has 0 amide bonds. The number of aromatic nitrogens is 2. The summed E-state index contributed by atoms with van der Waals surface area (Å²) in [5, 5.41) is 25.0. The second kappa shape index (κ2) is 13.3. The Morgan fingerprint density at radius 3 is 1.70 bits per heavy atom. The van der Waals surface area contributed by atoms with Crippen molar-refractivity contribution in [1.82, 2.24) is 9.13 Å². The lowest BCUT2D eigenvalue weighted by molar-refractivity contribution is 1.15. The molecule has 0 N–H and O–H groups in total. The Bertz CT molecular complexity index is 3410. The van der Waals surface area contributed by atoms with E-state index >= 15 is 0 Å². The van der Waals surface area contributed by atoms with E-state index in [2.05, 4.69) is 130 Å². The third-order valence-electron chi connectivity index (χ3n) is 11.1. The molecule has 0 fully saturated rings. The Morgan fingerprint density at radius 1 is 0.456 bits per heavy atom. The van der Waals surface area contributed by atoms with Gasteiger partial charge in [-0.1, -0.05) is 115 Å². The van der Waals surface area contributed by atoms with Crippen LogP contribution in [0.2, 0.25) is 0 Å². The van der Waals surface area contributed by atoms with Crippen molar-refractivity contribution < 1.29 is 0 Å². The first-order chi connectivity index (χ1) is 28.1. The summed E-state index contributed by atoms with van der Waals surface area (Å²) >= 11 is 0. The maximum atomic E-state index is 10.8. The normalized spacial score (nSPS) is 11.2. The van der Waals surface area contributed by atoms with Gasteiger partial charge in [0, 0.05) is 32.7 Å². The fraction of sp³-hybridized carbons (Fsp3) is 0.0192. The molecule has 0 bridgehead atoms. The van der Waals surface area contributed by atoms with Crippen LogP contribution in [0.5, 0.6) is 0 Å². The van der Waals surface area contributed by atoms with Gasteiger partial charge in [0.05, 0.1) is 57.2 Å². The van der Waals surface area contributed by atoms with Crippen LogP contribution >= 0.6 is 0 Å². The molecule has 5 nitrogen and oxygen atoms in total. The van der Waals surface area contributed by atoms with Crippen molar-refractivity contribution in [2.75, 3.05) is 0 Å². The smallest absolute Gasteiger partial charge is 0.194 e. The summed E-state index contributed by atoms with van der Waals surface area (Å²) in [5.41, 5.74) is 14.5. The van der Waals surface area contributed by atoms with Gasteiger partial charge in [-0.25, -0.2) is 4.85 Å². The second-order valence-corrected chi connectivity index (χ2v) is 14.3. The fourth-order valence-electron chi connectivity index (χ4n) is 8.58. The van der Waals surface area contributed by atoms with Crippen molar-refractivity contribution in [1.29, 1.82) is 10.5 Å². The Balaban J connectivity index is 1.25. The molecule has 0 aliphatic rings. The van der Waals surface area contributed by atoms with Crippen LogP contribution in [0, 0.1) is 36.2 Å². The highest BCUT2D eigenvalue weighted by atomic mass is 15.0. The third kappa shape index (κ3) is 5.21. The first-order valence-electron chi connectivity index (χ1n) is 18.8. The molecule has 0 unspecified atom stereocenters. The summed E-state index contributed by atoms with van der Waals surface area (Å²) in [6.07, 6.45) is 0. The van der Waals surface area contributed by atoms with Gasteiger partial charge in [-0.15, -0.1) is 0 Å². The molecule has 0 spiro atoms. The van der Waals surface area contributed by atoms with Gasteiger partial charge in [-0.05, 0) is 89.8 Å². The standard InChI is InChI=1S/C52H31N5/c1-33-22-25-49(56-47-20-9-6-16-40(47)44-30-35(24-26-50(44)56)39-15-5-8-19-46(39)55-2)43(28-33)42-18-11-13-37(32-54)52(42)57-48-21-10-7-17-41(48)45-29-34(23-27-51(45)57)38-14-4-3-12-36(38)31-53/h3-30H,1H3. The van der Waals surface area contributed by atoms with E-state index in [0.29, 0.717) is 16.8 Å². The molecule has 2 aromatic heterocycles. The van der Waals surface area contributed by atoms with E-state index in [1.54, 1.807) is 0 Å². The minimum Gasteiger partial charge on any atom is -0.309 e.